The number of carbonyl (C=O) groups excluding carboxylic acids is 1. The Balaban J connectivity index is 0.00000400. The molecule has 1 rings (SSSR count). The average Bonchev–Trinajstić information content (AvgIpc) is 2.38. The number of methoxy groups -OCH3 is 1. The molecule has 0 aliphatic rings. The van der Waals surface area contributed by atoms with Crippen LogP contribution in [0.5, 0.6) is 11.5 Å². The number of carbonyl (C=O) groups is 1. The summed E-state index contributed by atoms with van der Waals surface area (Å²) in [6, 6.07) is 4.47. The fourth-order valence-electron chi connectivity index (χ4n) is 1.78. The van der Waals surface area contributed by atoms with Crippen molar-refractivity contribution in [2.75, 3.05) is 14.2 Å². The van der Waals surface area contributed by atoms with Crippen molar-refractivity contribution < 1.29 is 14.6 Å². The van der Waals surface area contributed by atoms with Crippen molar-refractivity contribution in [3.63, 3.8) is 0 Å². The van der Waals surface area contributed by atoms with E-state index in [0.717, 1.165) is 5.56 Å². The zero-order valence-electron chi connectivity index (χ0n) is 13.2. The third-order valence-electron chi connectivity index (χ3n) is 3.24. The largest absolute Gasteiger partial charge is 0.504 e. The molecule has 0 unspecified atom stereocenters. The van der Waals surface area contributed by atoms with Gasteiger partial charge in [0.15, 0.2) is 11.5 Å². The van der Waals surface area contributed by atoms with E-state index < -0.39 is 6.04 Å². The van der Waals surface area contributed by atoms with Crippen LogP contribution in [0.15, 0.2) is 18.2 Å². The van der Waals surface area contributed by atoms with E-state index in [2.05, 4.69) is 0 Å². The molecule has 1 amide bonds. The number of hydrogen-bond donors (Lipinski definition) is 2. The van der Waals surface area contributed by atoms with E-state index in [1.54, 1.807) is 30.1 Å². The van der Waals surface area contributed by atoms with E-state index in [1.807, 2.05) is 20.8 Å². The summed E-state index contributed by atoms with van der Waals surface area (Å²) in [5.41, 5.74) is 6.57. The second kappa shape index (κ2) is 7.52. The highest BCUT2D eigenvalue weighted by molar-refractivity contribution is 5.85. The van der Waals surface area contributed by atoms with E-state index in [9.17, 15) is 9.90 Å². The molecule has 120 valence electrons. The SMILES string of the molecule is COc1cc(CN(C)C(=O)[C@@H](N)C(C)(C)C)ccc1O.Cl. The van der Waals surface area contributed by atoms with Crippen LogP contribution in [0, 0.1) is 5.41 Å². The minimum atomic E-state index is -0.550. The third-order valence-corrected chi connectivity index (χ3v) is 3.24. The van der Waals surface area contributed by atoms with Gasteiger partial charge < -0.3 is 20.5 Å². The minimum Gasteiger partial charge on any atom is -0.504 e. The molecule has 0 saturated heterocycles. The number of rotatable bonds is 4. The summed E-state index contributed by atoms with van der Waals surface area (Å²) in [6.07, 6.45) is 0. The van der Waals surface area contributed by atoms with Gasteiger partial charge in [-0.3, -0.25) is 4.79 Å². The van der Waals surface area contributed by atoms with Crippen molar-refractivity contribution in [1.29, 1.82) is 0 Å². The number of ether oxygens (including phenoxy) is 1. The Bertz CT molecular complexity index is 486. The van der Waals surface area contributed by atoms with Crippen LogP contribution >= 0.6 is 12.4 Å². The molecule has 0 spiro atoms. The molecule has 0 saturated carbocycles. The first kappa shape index (κ1) is 19.5. The number of phenolic OH excluding ortho intramolecular Hbond substituents is 1. The highest BCUT2D eigenvalue weighted by Crippen LogP contribution is 2.27. The summed E-state index contributed by atoms with van der Waals surface area (Å²) in [5.74, 6) is 0.365. The van der Waals surface area contributed by atoms with Crippen LogP contribution in [0.1, 0.15) is 26.3 Å². The molecule has 21 heavy (non-hydrogen) atoms. The molecule has 1 atom stereocenters. The van der Waals surface area contributed by atoms with E-state index in [4.69, 9.17) is 10.5 Å². The topological polar surface area (TPSA) is 75.8 Å². The lowest BCUT2D eigenvalue weighted by Gasteiger charge is -2.30. The van der Waals surface area contributed by atoms with Crippen LogP contribution in [0.3, 0.4) is 0 Å². The summed E-state index contributed by atoms with van der Waals surface area (Å²) >= 11 is 0. The van der Waals surface area contributed by atoms with Crippen molar-refractivity contribution in [3.8, 4) is 11.5 Å². The van der Waals surface area contributed by atoms with Crippen LogP contribution in [0.25, 0.3) is 0 Å². The van der Waals surface area contributed by atoms with Crippen molar-refractivity contribution >= 4 is 18.3 Å². The zero-order chi connectivity index (χ0) is 15.5. The van der Waals surface area contributed by atoms with Gasteiger partial charge >= 0.3 is 0 Å². The Morgan fingerprint density at radius 3 is 2.48 bits per heavy atom. The first-order chi connectivity index (χ1) is 9.16. The quantitative estimate of drug-likeness (QED) is 0.892. The molecule has 0 aliphatic heterocycles. The number of nitrogens with zero attached hydrogens (tertiary/aromatic N) is 1. The summed E-state index contributed by atoms with van der Waals surface area (Å²) in [7, 11) is 3.20. The first-order valence-corrected chi connectivity index (χ1v) is 6.53. The molecule has 1 aromatic carbocycles. The van der Waals surface area contributed by atoms with Crippen LogP contribution in [0.4, 0.5) is 0 Å². The minimum absolute atomic E-state index is 0. The van der Waals surface area contributed by atoms with Gasteiger partial charge in [0.05, 0.1) is 13.2 Å². The zero-order valence-corrected chi connectivity index (χ0v) is 14.0. The highest BCUT2D eigenvalue weighted by atomic mass is 35.5. The number of aromatic hydroxyl groups is 1. The molecule has 3 N–H and O–H groups in total. The van der Waals surface area contributed by atoms with Crippen molar-refractivity contribution in [3.05, 3.63) is 23.8 Å². The van der Waals surface area contributed by atoms with Crippen molar-refractivity contribution in [1.82, 2.24) is 4.90 Å². The van der Waals surface area contributed by atoms with Crippen molar-refractivity contribution in [2.24, 2.45) is 11.1 Å². The number of phenols is 1. The predicted octanol–water partition coefficient (Wildman–Crippen LogP) is 2.15. The van der Waals surface area contributed by atoms with Gasteiger partial charge in [-0.05, 0) is 23.1 Å². The van der Waals surface area contributed by atoms with Gasteiger partial charge in [0.2, 0.25) is 5.91 Å². The summed E-state index contributed by atoms with van der Waals surface area (Å²) in [5, 5.41) is 9.55. The van der Waals surface area contributed by atoms with Crippen LogP contribution in [-0.4, -0.2) is 36.1 Å². The molecular formula is C15H25ClN2O3. The molecule has 6 heteroatoms. The molecule has 5 nitrogen and oxygen atoms in total. The number of hydrogen-bond acceptors (Lipinski definition) is 4. The second-order valence-electron chi connectivity index (χ2n) is 6.04. The van der Waals surface area contributed by atoms with Gasteiger partial charge in [0.25, 0.3) is 0 Å². The standard InChI is InChI=1S/C15H24N2O3.ClH/c1-15(2,3)13(16)14(19)17(4)9-10-6-7-11(18)12(8-10)20-5;/h6-8,13,18H,9,16H2,1-5H3;1H/t13-;/m1./s1. The van der Waals surface area contributed by atoms with Gasteiger partial charge in [-0.25, -0.2) is 0 Å². The lowest BCUT2D eigenvalue weighted by atomic mass is 9.86. The third kappa shape index (κ3) is 5.10. The summed E-state index contributed by atoms with van der Waals surface area (Å²) in [4.78, 5) is 13.8. The maximum atomic E-state index is 12.2. The number of halogens is 1. The Morgan fingerprint density at radius 2 is 2.00 bits per heavy atom. The molecule has 0 bridgehead atoms. The van der Waals surface area contributed by atoms with Gasteiger partial charge in [-0.2, -0.15) is 0 Å². The van der Waals surface area contributed by atoms with Crippen LogP contribution < -0.4 is 10.5 Å². The van der Waals surface area contributed by atoms with E-state index in [1.165, 1.54) is 7.11 Å². The normalized spacial score (nSPS) is 12.3. The number of likely N-dealkylation sites (N-methyl/N-ethyl adjacent to an activating group) is 1. The molecule has 0 aliphatic carbocycles. The van der Waals surface area contributed by atoms with Gasteiger partial charge in [-0.1, -0.05) is 26.8 Å². The monoisotopic (exact) mass is 316 g/mol. The molecule has 0 heterocycles. The average molecular weight is 317 g/mol. The Labute approximate surface area is 132 Å². The first-order valence-electron chi connectivity index (χ1n) is 6.53. The van der Waals surface area contributed by atoms with Gasteiger partial charge in [0.1, 0.15) is 0 Å². The Morgan fingerprint density at radius 1 is 1.43 bits per heavy atom. The maximum Gasteiger partial charge on any atom is 0.240 e. The highest BCUT2D eigenvalue weighted by Gasteiger charge is 2.29. The second-order valence-corrected chi connectivity index (χ2v) is 6.04. The molecule has 0 radical (unpaired) electrons. The van der Waals surface area contributed by atoms with E-state index >= 15 is 0 Å². The summed E-state index contributed by atoms with van der Waals surface area (Å²) in [6.45, 7) is 6.23. The lowest BCUT2D eigenvalue weighted by Crippen LogP contribution is -2.48. The summed E-state index contributed by atoms with van der Waals surface area (Å²) < 4.78 is 5.05. The maximum absolute atomic E-state index is 12.2. The number of benzene rings is 1. The molecular weight excluding hydrogens is 292 g/mol. The van der Waals surface area contributed by atoms with Gasteiger partial charge in [0, 0.05) is 13.6 Å². The molecule has 0 aromatic heterocycles. The smallest absolute Gasteiger partial charge is 0.240 e. The number of nitrogens with two attached hydrogens (primary N) is 1. The van der Waals surface area contributed by atoms with Gasteiger partial charge in [-0.15, -0.1) is 12.4 Å². The fraction of sp³-hybridized carbons (Fsp3) is 0.533. The van der Waals surface area contributed by atoms with Crippen LogP contribution in [0.2, 0.25) is 0 Å². The molecule has 0 fully saturated rings. The van der Waals surface area contributed by atoms with Crippen LogP contribution in [-0.2, 0) is 11.3 Å². The fourth-order valence-corrected chi connectivity index (χ4v) is 1.78. The number of amides is 1. The Hall–Kier alpha value is -1.46. The Kier molecular flexibility index (Phi) is 7.00. The predicted molar refractivity (Wildman–Crippen MR) is 85.8 cm³/mol. The molecule has 1 aromatic rings. The van der Waals surface area contributed by atoms with Crippen molar-refractivity contribution in [2.45, 2.75) is 33.4 Å². The van der Waals surface area contributed by atoms with E-state index in [0.29, 0.717) is 12.3 Å². The van der Waals surface area contributed by atoms with E-state index in [-0.39, 0.29) is 29.5 Å². The lowest BCUT2D eigenvalue weighted by molar-refractivity contribution is -0.134.